The molecule has 0 heterocycles. The molecule has 0 aliphatic rings. The number of hydrogen-bond acceptors (Lipinski definition) is 2. The second-order valence-electron chi connectivity index (χ2n) is 3.52. The van der Waals surface area contributed by atoms with E-state index < -0.39 is 18.6 Å². The molecule has 0 radical (unpaired) electrons. The fraction of sp³-hybridized carbons (Fsp3) is 0.364. The predicted molar refractivity (Wildman–Crippen MR) is 61.9 cm³/mol. The highest BCUT2D eigenvalue weighted by atomic mass is 79.9. The fourth-order valence-corrected chi connectivity index (χ4v) is 1.56. The molecule has 0 spiro atoms. The first kappa shape index (κ1) is 14.8. The highest BCUT2D eigenvalue weighted by molar-refractivity contribution is 9.10. The molecule has 0 aliphatic carbocycles. The van der Waals surface area contributed by atoms with Crippen LogP contribution in [0.1, 0.15) is 23.2 Å². The van der Waals surface area contributed by atoms with Crippen molar-refractivity contribution in [3.63, 3.8) is 0 Å². The Morgan fingerprint density at radius 3 is 2.61 bits per heavy atom. The van der Waals surface area contributed by atoms with E-state index in [4.69, 9.17) is 9.84 Å². The van der Waals surface area contributed by atoms with Crippen LogP contribution >= 0.6 is 15.9 Å². The van der Waals surface area contributed by atoms with Gasteiger partial charge in [-0.25, -0.2) is 4.79 Å². The van der Waals surface area contributed by atoms with Crippen LogP contribution in [-0.2, 0) is 0 Å². The molecule has 1 rings (SSSR count). The van der Waals surface area contributed by atoms with E-state index >= 15 is 0 Å². The van der Waals surface area contributed by atoms with Crippen LogP contribution in [-0.4, -0.2) is 23.9 Å². The van der Waals surface area contributed by atoms with Gasteiger partial charge in [-0.3, -0.25) is 0 Å². The minimum absolute atomic E-state index is 0.0176. The molecular weight excluding hydrogens is 317 g/mol. The van der Waals surface area contributed by atoms with Gasteiger partial charge in [-0.2, -0.15) is 13.2 Å². The van der Waals surface area contributed by atoms with Crippen LogP contribution in [0.15, 0.2) is 22.7 Å². The van der Waals surface area contributed by atoms with Gasteiger partial charge in [0, 0.05) is 6.42 Å². The van der Waals surface area contributed by atoms with Crippen molar-refractivity contribution in [2.24, 2.45) is 0 Å². The number of alkyl halides is 3. The van der Waals surface area contributed by atoms with Crippen molar-refractivity contribution in [3.8, 4) is 5.75 Å². The molecule has 1 aromatic rings. The number of carboxylic acids is 1. The van der Waals surface area contributed by atoms with Crippen LogP contribution < -0.4 is 4.74 Å². The number of carbonyl (C=O) groups is 1. The number of ether oxygens (including phenoxy) is 1. The molecule has 1 aromatic carbocycles. The summed E-state index contributed by atoms with van der Waals surface area (Å²) in [6, 6.07) is 4.11. The number of benzene rings is 1. The Hall–Kier alpha value is -1.24. The lowest BCUT2D eigenvalue weighted by Crippen LogP contribution is -2.10. The largest absolute Gasteiger partial charge is 0.492 e. The van der Waals surface area contributed by atoms with Gasteiger partial charge >= 0.3 is 12.1 Å². The van der Waals surface area contributed by atoms with Crippen LogP contribution in [0.4, 0.5) is 13.2 Å². The summed E-state index contributed by atoms with van der Waals surface area (Å²) in [6.07, 6.45) is -5.31. The first-order chi connectivity index (χ1) is 8.29. The third kappa shape index (κ3) is 4.95. The van der Waals surface area contributed by atoms with Gasteiger partial charge in [0.25, 0.3) is 0 Å². The minimum atomic E-state index is -4.20. The van der Waals surface area contributed by atoms with E-state index in [9.17, 15) is 18.0 Å². The summed E-state index contributed by atoms with van der Waals surface area (Å²) in [5, 5.41) is 8.76. The van der Waals surface area contributed by atoms with Crippen LogP contribution in [0.5, 0.6) is 5.75 Å². The Balaban J connectivity index is 2.56. The summed E-state index contributed by atoms with van der Waals surface area (Å²) in [4.78, 5) is 10.7. The van der Waals surface area contributed by atoms with E-state index in [-0.39, 0.29) is 24.3 Å². The van der Waals surface area contributed by atoms with Crippen molar-refractivity contribution in [3.05, 3.63) is 28.2 Å². The van der Waals surface area contributed by atoms with E-state index in [1.165, 1.54) is 18.2 Å². The van der Waals surface area contributed by atoms with Crippen molar-refractivity contribution in [1.82, 2.24) is 0 Å². The standard InChI is InChI=1S/C11H10BrF3O3/c12-8-3-2-7(10(16)17)6-9(8)18-5-1-4-11(13,14)15/h2-3,6H,1,4-5H2,(H,16,17). The summed E-state index contributed by atoms with van der Waals surface area (Å²) in [5.41, 5.74) is 0.0176. The lowest BCUT2D eigenvalue weighted by molar-refractivity contribution is -0.136. The summed E-state index contributed by atoms with van der Waals surface area (Å²) < 4.78 is 41.3. The SMILES string of the molecule is O=C(O)c1ccc(Br)c(OCCCC(F)(F)F)c1. The van der Waals surface area contributed by atoms with Crippen molar-refractivity contribution >= 4 is 21.9 Å². The van der Waals surface area contributed by atoms with E-state index in [1.807, 2.05) is 0 Å². The van der Waals surface area contributed by atoms with Crippen molar-refractivity contribution in [1.29, 1.82) is 0 Å². The Kier molecular flexibility index (Phi) is 5.01. The lowest BCUT2D eigenvalue weighted by atomic mass is 10.2. The Bertz CT molecular complexity index is 432. The van der Waals surface area contributed by atoms with Gasteiger partial charge in [0.1, 0.15) is 5.75 Å². The first-order valence-corrected chi connectivity index (χ1v) is 5.81. The molecule has 0 aliphatic heterocycles. The first-order valence-electron chi connectivity index (χ1n) is 5.02. The Morgan fingerprint density at radius 2 is 2.06 bits per heavy atom. The molecule has 1 N–H and O–H groups in total. The molecule has 0 unspecified atom stereocenters. The third-order valence-corrected chi connectivity index (χ3v) is 2.70. The summed E-state index contributed by atoms with van der Waals surface area (Å²) in [5.74, 6) is -0.903. The second kappa shape index (κ2) is 6.08. The van der Waals surface area contributed by atoms with Crippen molar-refractivity contribution in [2.75, 3.05) is 6.61 Å². The third-order valence-electron chi connectivity index (χ3n) is 2.04. The predicted octanol–water partition coefficient (Wildman–Crippen LogP) is 3.87. The lowest BCUT2D eigenvalue weighted by Gasteiger charge is -2.10. The van der Waals surface area contributed by atoms with Crippen molar-refractivity contribution < 1.29 is 27.8 Å². The van der Waals surface area contributed by atoms with E-state index in [2.05, 4.69) is 15.9 Å². The molecule has 0 amide bonds. The molecule has 0 aromatic heterocycles. The molecule has 0 saturated heterocycles. The fourth-order valence-electron chi connectivity index (χ4n) is 1.20. The van der Waals surface area contributed by atoms with E-state index in [1.54, 1.807) is 0 Å². The monoisotopic (exact) mass is 326 g/mol. The molecule has 0 bridgehead atoms. The summed E-state index contributed by atoms with van der Waals surface area (Å²) in [6.45, 7) is -0.124. The molecule has 0 fully saturated rings. The minimum Gasteiger partial charge on any atom is -0.492 e. The van der Waals surface area contributed by atoms with Crippen LogP contribution in [0, 0.1) is 0 Å². The van der Waals surface area contributed by atoms with Gasteiger partial charge in [0.15, 0.2) is 0 Å². The quantitative estimate of drug-likeness (QED) is 0.835. The van der Waals surface area contributed by atoms with Crippen molar-refractivity contribution in [2.45, 2.75) is 19.0 Å². The number of carboxylic acid groups (broad SMARTS) is 1. The average molecular weight is 327 g/mol. The highest BCUT2D eigenvalue weighted by Crippen LogP contribution is 2.27. The second-order valence-corrected chi connectivity index (χ2v) is 4.37. The topological polar surface area (TPSA) is 46.5 Å². The maximum atomic E-state index is 11.9. The van der Waals surface area contributed by atoms with Crippen LogP contribution in [0.3, 0.4) is 0 Å². The average Bonchev–Trinajstić information content (AvgIpc) is 2.24. The zero-order valence-electron chi connectivity index (χ0n) is 9.13. The van der Waals surface area contributed by atoms with E-state index in [0.29, 0.717) is 4.47 Å². The number of hydrogen-bond donors (Lipinski definition) is 1. The molecule has 7 heteroatoms. The van der Waals surface area contributed by atoms with Gasteiger partial charge in [-0.05, 0) is 40.5 Å². The number of aromatic carboxylic acids is 1. The normalized spacial score (nSPS) is 11.3. The van der Waals surface area contributed by atoms with Gasteiger partial charge in [-0.15, -0.1) is 0 Å². The molecule has 3 nitrogen and oxygen atoms in total. The van der Waals surface area contributed by atoms with Gasteiger partial charge in [0.05, 0.1) is 16.6 Å². The van der Waals surface area contributed by atoms with Crippen LogP contribution in [0.2, 0.25) is 0 Å². The Morgan fingerprint density at radius 1 is 1.39 bits per heavy atom. The smallest absolute Gasteiger partial charge is 0.389 e. The molecule has 18 heavy (non-hydrogen) atoms. The van der Waals surface area contributed by atoms with Gasteiger partial charge in [0.2, 0.25) is 0 Å². The summed E-state index contributed by atoms with van der Waals surface area (Å²) in [7, 11) is 0. The van der Waals surface area contributed by atoms with Gasteiger partial charge < -0.3 is 9.84 Å². The highest BCUT2D eigenvalue weighted by Gasteiger charge is 2.26. The molecular formula is C11H10BrF3O3. The maximum Gasteiger partial charge on any atom is 0.389 e. The van der Waals surface area contributed by atoms with Gasteiger partial charge in [-0.1, -0.05) is 0 Å². The zero-order valence-corrected chi connectivity index (χ0v) is 10.7. The number of rotatable bonds is 5. The van der Waals surface area contributed by atoms with E-state index in [0.717, 1.165) is 0 Å². The number of halogens is 4. The Labute approximate surface area is 110 Å². The summed E-state index contributed by atoms with van der Waals surface area (Å²) >= 11 is 3.13. The molecule has 0 atom stereocenters. The molecule has 100 valence electrons. The zero-order chi connectivity index (χ0) is 13.8. The maximum absolute atomic E-state index is 11.9. The molecule has 0 saturated carbocycles. The van der Waals surface area contributed by atoms with Crippen LogP contribution in [0.25, 0.3) is 0 Å².